The minimum absolute atomic E-state index is 0.0181. The fourth-order valence-corrected chi connectivity index (χ4v) is 3.74. The number of carbonyl (C=O) groups is 1. The number of ether oxygens (including phenoxy) is 1. The first-order valence-electron chi connectivity index (χ1n) is 9.87. The number of methoxy groups -OCH3 is 1. The summed E-state index contributed by atoms with van der Waals surface area (Å²) in [4.78, 5) is 18.9. The van der Waals surface area contributed by atoms with Crippen LogP contribution in [0.3, 0.4) is 0 Å². The van der Waals surface area contributed by atoms with Gasteiger partial charge in [0.25, 0.3) is 0 Å². The molecule has 0 bridgehead atoms. The van der Waals surface area contributed by atoms with Crippen LogP contribution in [0.25, 0.3) is 11.6 Å². The lowest BCUT2D eigenvalue weighted by molar-refractivity contribution is -0.125. The third-order valence-electron chi connectivity index (χ3n) is 5.37. The lowest BCUT2D eigenvalue weighted by Gasteiger charge is -2.26. The van der Waals surface area contributed by atoms with Crippen LogP contribution >= 0.6 is 0 Å². The van der Waals surface area contributed by atoms with E-state index in [0.717, 1.165) is 53.2 Å². The smallest absolute Gasteiger partial charge is 0.246 e. The molecule has 5 nitrogen and oxygen atoms in total. The van der Waals surface area contributed by atoms with Gasteiger partial charge in [0.15, 0.2) is 0 Å². The Morgan fingerprint density at radius 2 is 2.14 bits per heavy atom. The molecule has 1 amide bonds. The number of carbonyl (C=O) groups excluding carboxylic acids is 1. The van der Waals surface area contributed by atoms with E-state index in [4.69, 9.17) is 4.74 Å². The van der Waals surface area contributed by atoms with Crippen molar-refractivity contribution < 1.29 is 9.53 Å². The molecule has 2 aliphatic rings. The molecule has 0 atom stereocenters. The highest BCUT2D eigenvalue weighted by Gasteiger charge is 2.18. The van der Waals surface area contributed by atoms with Crippen molar-refractivity contribution in [3.05, 3.63) is 77.6 Å². The molecule has 0 radical (unpaired) electrons. The maximum Gasteiger partial charge on any atom is 0.246 e. The molecule has 2 aliphatic heterocycles. The maximum atomic E-state index is 12.6. The number of aryl methyl sites for hydroxylation is 1. The summed E-state index contributed by atoms with van der Waals surface area (Å²) >= 11 is 0. The Balaban J connectivity index is 1.41. The molecular formula is C24H25N3O2. The molecule has 1 N–H and O–H groups in total. The summed E-state index contributed by atoms with van der Waals surface area (Å²) in [5, 5.41) is 3.21. The lowest BCUT2D eigenvalue weighted by atomic mass is 9.98. The summed E-state index contributed by atoms with van der Waals surface area (Å²) in [6.07, 6.45) is 10.0. The van der Waals surface area contributed by atoms with E-state index in [0.29, 0.717) is 13.1 Å². The van der Waals surface area contributed by atoms with Crippen LogP contribution in [0.1, 0.15) is 29.5 Å². The number of aromatic nitrogens is 1. The molecule has 0 spiro atoms. The lowest BCUT2D eigenvalue weighted by Crippen LogP contribution is -2.33. The highest BCUT2D eigenvalue weighted by Crippen LogP contribution is 2.30. The third kappa shape index (κ3) is 4.24. The Morgan fingerprint density at radius 1 is 1.28 bits per heavy atom. The van der Waals surface area contributed by atoms with Gasteiger partial charge >= 0.3 is 0 Å². The molecule has 4 rings (SSSR count). The number of hydrogen-bond donors (Lipinski definition) is 1. The number of hydrogen-bond acceptors (Lipinski definition) is 4. The number of nitrogens with zero attached hydrogens (tertiary/aromatic N) is 2. The zero-order valence-corrected chi connectivity index (χ0v) is 16.6. The van der Waals surface area contributed by atoms with E-state index in [1.165, 1.54) is 5.57 Å². The first-order valence-corrected chi connectivity index (χ1v) is 9.87. The third-order valence-corrected chi connectivity index (χ3v) is 5.37. The van der Waals surface area contributed by atoms with Crippen molar-refractivity contribution in [3.8, 4) is 5.75 Å². The number of fused-ring (bicyclic) bond motifs is 1. The molecule has 0 saturated heterocycles. The number of pyridine rings is 1. The van der Waals surface area contributed by atoms with Gasteiger partial charge in [-0.1, -0.05) is 30.9 Å². The molecule has 3 heterocycles. The van der Waals surface area contributed by atoms with Crippen LogP contribution in [0.15, 0.2) is 61.0 Å². The van der Waals surface area contributed by atoms with Crippen molar-refractivity contribution in [1.82, 2.24) is 9.88 Å². The molecule has 29 heavy (non-hydrogen) atoms. The SMILES string of the molecule is C=C1CCc2cc(/C=C/C(=O)N3CC=C(c4ccccc4OC)CC3)cnc2N1. The number of rotatable bonds is 4. The number of anilines is 1. The molecule has 5 heteroatoms. The Kier molecular flexibility index (Phi) is 5.47. The monoisotopic (exact) mass is 387 g/mol. The molecule has 0 fully saturated rings. The van der Waals surface area contributed by atoms with Crippen LogP contribution in [0.4, 0.5) is 5.82 Å². The molecule has 2 aromatic rings. The summed E-state index contributed by atoms with van der Waals surface area (Å²) < 4.78 is 5.46. The number of amides is 1. The van der Waals surface area contributed by atoms with E-state index >= 15 is 0 Å². The average Bonchev–Trinajstić information content (AvgIpc) is 2.77. The van der Waals surface area contributed by atoms with E-state index in [1.807, 2.05) is 29.2 Å². The highest BCUT2D eigenvalue weighted by atomic mass is 16.5. The van der Waals surface area contributed by atoms with Crippen molar-refractivity contribution in [2.24, 2.45) is 0 Å². The van der Waals surface area contributed by atoms with Gasteiger partial charge in [0.2, 0.25) is 5.91 Å². The zero-order chi connectivity index (χ0) is 20.2. The van der Waals surface area contributed by atoms with Gasteiger partial charge in [-0.3, -0.25) is 4.79 Å². The Hall–Kier alpha value is -3.34. The maximum absolute atomic E-state index is 12.6. The fraction of sp³-hybridized carbons (Fsp3) is 0.250. The van der Waals surface area contributed by atoms with Crippen molar-refractivity contribution in [1.29, 1.82) is 0 Å². The summed E-state index contributed by atoms with van der Waals surface area (Å²) in [7, 11) is 1.69. The quantitative estimate of drug-likeness (QED) is 0.795. The van der Waals surface area contributed by atoms with Gasteiger partial charge in [0, 0.05) is 36.6 Å². The van der Waals surface area contributed by atoms with Crippen molar-refractivity contribution >= 4 is 23.4 Å². The fourth-order valence-electron chi connectivity index (χ4n) is 3.74. The van der Waals surface area contributed by atoms with Crippen LogP contribution in [0.2, 0.25) is 0 Å². The highest BCUT2D eigenvalue weighted by molar-refractivity contribution is 5.92. The summed E-state index contributed by atoms with van der Waals surface area (Å²) in [5.41, 5.74) is 5.43. The standard InChI is InChI=1S/C24H25N3O2/c1-17-7-9-20-15-18(16-25-24(20)26-17)8-10-23(28)27-13-11-19(12-14-27)21-5-3-4-6-22(21)29-2/h3-6,8,10-11,15-16H,1,7,9,12-14H2,2H3,(H,25,26)/b10-8+. The Morgan fingerprint density at radius 3 is 2.93 bits per heavy atom. The van der Waals surface area contributed by atoms with Gasteiger partial charge in [0.1, 0.15) is 11.6 Å². The van der Waals surface area contributed by atoms with Gasteiger partial charge in [0.05, 0.1) is 7.11 Å². The second-order valence-electron chi connectivity index (χ2n) is 7.30. The predicted molar refractivity (Wildman–Crippen MR) is 117 cm³/mol. The molecule has 1 aromatic carbocycles. The van der Waals surface area contributed by atoms with E-state index in [1.54, 1.807) is 19.4 Å². The molecule has 0 unspecified atom stereocenters. The number of benzene rings is 1. The number of allylic oxidation sites excluding steroid dienone is 1. The van der Waals surface area contributed by atoms with Gasteiger partial charge < -0.3 is 15.0 Å². The molecule has 0 saturated carbocycles. The minimum Gasteiger partial charge on any atom is -0.496 e. The normalized spacial score (nSPS) is 16.2. The van der Waals surface area contributed by atoms with Crippen molar-refractivity contribution in [2.75, 3.05) is 25.5 Å². The van der Waals surface area contributed by atoms with Crippen molar-refractivity contribution in [2.45, 2.75) is 19.3 Å². The first-order chi connectivity index (χ1) is 14.1. The van der Waals surface area contributed by atoms with Gasteiger partial charge in [-0.2, -0.15) is 0 Å². The summed E-state index contributed by atoms with van der Waals surface area (Å²) in [6.45, 7) is 5.25. The van der Waals surface area contributed by atoms with Crippen LogP contribution < -0.4 is 10.1 Å². The van der Waals surface area contributed by atoms with Crippen LogP contribution in [0.5, 0.6) is 5.75 Å². The second kappa shape index (κ2) is 8.35. The van der Waals surface area contributed by atoms with E-state index in [-0.39, 0.29) is 5.91 Å². The summed E-state index contributed by atoms with van der Waals surface area (Å²) in [5.74, 6) is 1.76. The number of nitrogens with one attached hydrogen (secondary N) is 1. The predicted octanol–water partition coefficient (Wildman–Crippen LogP) is 4.29. The molecule has 0 aliphatic carbocycles. The van der Waals surface area contributed by atoms with Gasteiger partial charge in [-0.05, 0) is 54.2 Å². The van der Waals surface area contributed by atoms with Crippen LogP contribution in [-0.2, 0) is 11.2 Å². The Labute approximate surface area is 171 Å². The summed E-state index contributed by atoms with van der Waals surface area (Å²) in [6, 6.07) is 10.1. The van der Waals surface area contributed by atoms with Crippen LogP contribution in [0, 0.1) is 0 Å². The number of para-hydroxylation sites is 1. The zero-order valence-electron chi connectivity index (χ0n) is 16.6. The van der Waals surface area contributed by atoms with E-state index in [9.17, 15) is 4.79 Å². The molecule has 1 aromatic heterocycles. The van der Waals surface area contributed by atoms with Crippen molar-refractivity contribution in [3.63, 3.8) is 0 Å². The molecular weight excluding hydrogens is 362 g/mol. The molecule has 148 valence electrons. The minimum atomic E-state index is 0.0181. The second-order valence-corrected chi connectivity index (χ2v) is 7.30. The topological polar surface area (TPSA) is 54.5 Å². The largest absolute Gasteiger partial charge is 0.496 e. The van der Waals surface area contributed by atoms with Crippen LogP contribution in [-0.4, -0.2) is 36.0 Å². The van der Waals surface area contributed by atoms with Gasteiger partial charge in [-0.25, -0.2) is 4.98 Å². The first kappa shape index (κ1) is 19.0. The van der Waals surface area contributed by atoms with Gasteiger partial charge in [-0.15, -0.1) is 0 Å². The average molecular weight is 387 g/mol. The van der Waals surface area contributed by atoms with E-state index in [2.05, 4.69) is 35.1 Å². The van der Waals surface area contributed by atoms with E-state index < -0.39 is 0 Å². The Bertz CT molecular complexity index is 1010.